The normalized spacial score (nSPS) is 33.4. The van der Waals surface area contributed by atoms with Crippen molar-refractivity contribution >= 4 is 17.8 Å². The van der Waals surface area contributed by atoms with Gasteiger partial charge in [-0.25, -0.2) is 0 Å². The first-order valence-corrected chi connectivity index (χ1v) is 10.7. The fraction of sp³-hybridized carbons (Fsp3) is 0.773. The molecule has 0 aromatic carbocycles. The van der Waals surface area contributed by atoms with E-state index in [0.29, 0.717) is 19.4 Å². The number of amides is 2. The van der Waals surface area contributed by atoms with Gasteiger partial charge in [0.15, 0.2) is 0 Å². The molecule has 30 heavy (non-hydrogen) atoms. The molecule has 0 aromatic heterocycles. The minimum Gasteiger partial charge on any atom is -0.466 e. The minimum atomic E-state index is -1.08. The first kappa shape index (κ1) is 22.7. The molecule has 8 nitrogen and oxygen atoms in total. The summed E-state index contributed by atoms with van der Waals surface area (Å²) in [6.45, 7) is 13.2. The van der Waals surface area contributed by atoms with Crippen LogP contribution in [0.15, 0.2) is 12.7 Å². The molecule has 3 heterocycles. The maximum atomic E-state index is 13.9. The lowest BCUT2D eigenvalue weighted by Gasteiger charge is -2.43. The molecule has 8 heteroatoms. The molecule has 1 spiro atoms. The second-order valence-electron chi connectivity index (χ2n) is 9.49. The van der Waals surface area contributed by atoms with E-state index in [2.05, 4.69) is 6.58 Å². The maximum Gasteiger partial charge on any atom is 0.312 e. The van der Waals surface area contributed by atoms with Gasteiger partial charge >= 0.3 is 5.97 Å². The van der Waals surface area contributed by atoms with E-state index in [1.807, 2.05) is 20.8 Å². The van der Waals surface area contributed by atoms with Crippen LogP contribution in [0.5, 0.6) is 0 Å². The summed E-state index contributed by atoms with van der Waals surface area (Å²) in [6.07, 6.45) is 2.34. The molecule has 3 rings (SSSR count). The van der Waals surface area contributed by atoms with E-state index in [9.17, 15) is 19.5 Å². The lowest BCUT2D eigenvalue weighted by molar-refractivity contribution is -0.157. The van der Waals surface area contributed by atoms with Crippen LogP contribution in [0.3, 0.4) is 0 Å². The number of likely N-dealkylation sites (tertiary alicyclic amines) is 1. The van der Waals surface area contributed by atoms with E-state index >= 15 is 0 Å². The molecule has 1 N–H and O–H groups in total. The molecule has 3 fully saturated rings. The van der Waals surface area contributed by atoms with E-state index in [4.69, 9.17) is 9.47 Å². The summed E-state index contributed by atoms with van der Waals surface area (Å²) < 4.78 is 11.6. The van der Waals surface area contributed by atoms with Crippen molar-refractivity contribution in [2.24, 2.45) is 11.8 Å². The number of carbonyl (C=O) groups excluding carboxylic acids is 3. The Kier molecular flexibility index (Phi) is 6.04. The number of carbonyl (C=O) groups is 3. The molecule has 0 radical (unpaired) electrons. The van der Waals surface area contributed by atoms with Crippen LogP contribution >= 0.6 is 0 Å². The van der Waals surface area contributed by atoms with Crippen molar-refractivity contribution in [3.63, 3.8) is 0 Å². The lowest BCUT2D eigenvalue weighted by Crippen LogP contribution is -2.61. The standard InChI is InChI=1S/C22H34N2O6/c1-7-11-23(21(4,5)6)19(27)17-22-10-9-14(30-22)15(20(28)29-8-2)16(22)18(26)24(17)13(3)12-25/h7,13-17,25H,1,8-12H2,2-6H3/t13-,14+,15-,16+,17?,22?/m1/s1. The average Bonchev–Trinajstić information content (AvgIpc) is 3.31. The van der Waals surface area contributed by atoms with Gasteiger partial charge in [0.05, 0.1) is 37.2 Å². The van der Waals surface area contributed by atoms with Crippen LogP contribution in [0.1, 0.15) is 47.5 Å². The van der Waals surface area contributed by atoms with E-state index in [-0.39, 0.29) is 25.0 Å². The van der Waals surface area contributed by atoms with Gasteiger partial charge in [-0.1, -0.05) is 6.08 Å². The van der Waals surface area contributed by atoms with Crippen molar-refractivity contribution in [3.8, 4) is 0 Å². The second-order valence-corrected chi connectivity index (χ2v) is 9.49. The van der Waals surface area contributed by atoms with Crippen molar-refractivity contribution in [3.05, 3.63) is 12.7 Å². The summed E-state index contributed by atoms with van der Waals surface area (Å²) in [6, 6.07) is -1.48. The fourth-order valence-electron chi connectivity index (χ4n) is 5.41. The zero-order valence-electron chi connectivity index (χ0n) is 18.6. The molecule has 0 saturated carbocycles. The predicted molar refractivity (Wildman–Crippen MR) is 109 cm³/mol. The van der Waals surface area contributed by atoms with Crippen molar-refractivity contribution in [1.29, 1.82) is 0 Å². The summed E-state index contributed by atoms with van der Waals surface area (Å²) in [5.74, 6) is -2.51. The van der Waals surface area contributed by atoms with Gasteiger partial charge in [-0.2, -0.15) is 0 Å². The summed E-state index contributed by atoms with van der Waals surface area (Å²) in [5, 5.41) is 9.84. The lowest BCUT2D eigenvalue weighted by atomic mass is 9.70. The minimum absolute atomic E-state index is 0.215. The number of fused-ring (bicyclic) bond motifs is 1. The number of ether oxygens (including phenoxy) is 2. The second kappa shape index (κ2) is 7.96. The first-order valence-electron chi connectivity index (χ1n) is 10.7. The molecule has 0 aromatic rings. The first-order chi connectivity index (χ1) is 14.0. The smallest absolute Gasteiger partial charge is 0.312 e. The van der Waals surface area contributed by atoms with Crippen molar-refractivity contribution in [1.82, 2.24) is 9.80 Å². The third-order valence-electron chi connectivity index (χ3n) is 6.66. The van der Waals surface area contributed by atoms with Crippen LogP contribution in [0.25, 0.3) is 0 Å². The molecule has 2 bridgehead atoms. The van der Waals surface area contributed by atoms with Crippen molar-refractivity contribution in [2.75, 3.05) is 19.8 Å². The monoisotopic (exact) mass is 422 g/mol. The SMILES string of the molecule is C=CCN(C(=O)C1N([C@H](C)CO)C(=O)[C@@H]2[C@H](C(=O)OCC)[C@@H]3CCC12O3)C(C)(C)C. The van der Waals surface area contributed by atoms with Gasteiger partial charge in [0.1, 0.15) is 11.6 Å². The Morgan fingerprint density at radius 2 is 2.13 bits per heavy atom. The molecule has 3 aliphatic rings. The van der Waals surface area contributed by atoms with Crippen LogP contribution in [-0.2, 0) is 23.9 Å². The van der Waals surface area contributed by atoms with Gasteiger partial charge < -0.3 is 24.4 Å². The van der Waals surface area contributed by atoms with E-state index in [1.54, 1.807) is 24.8 Å². The number of hydrogen-bond acceptors (Lipinski definition) is 6. The summed E-state index contributed by atoms with van der Waals surface area (Å²) >= 11 is 0. The highest BCUT2D eigenvalue weighted by Crippen LogP contribution is 2.59. The van der Waals surface area contributed by atoms with E-state index in [0.717, 1.165) is 0 Å². The van der Waals surface area contributed by atoms with Gasteiger partial charge in [0.25, 0.3) is 0 Å². The molecule has 168 valence electrons. The molecule has 2 unspecified atom stereocenters. The number of esters is 1. The highest BCUT2D eigenvalue weighted by molar-refractivity contribution is 5.98. The van der Waals surface area contributed by atoms with Crippen LogP contribution in [0.2, 0.25) is 0 Å². The van der Waals surface area contributed by atoms with Crippen LogP contribution in [-0.4, -0.2) is 81.8 Å². The molecule has 2 amide bonds. The number of hydrogen-bond donors (Lipinski definition) is 1. The molecular weight excluding hydrogens is 388 g/mol. The number of nitrogens with zero attached hydrogens (tertiary/aromatic N) is 2. The molecule has 3 aliphatic heterocycles. The Labute approximate surface area is 178 Å². The van der Waals surface area contributed by atoms with Gasteiger partial charge in [0.2, 0.25) is 11.8 Å². The van der Waals surface area contributed by atoms with Crippen LogP contribution in [0.4, 0.5) is 0 Å². The van der Waals surface area contributed by atoms with Gasteiger partial charge in [-0.05, 0) is 47.5 Å². The summed E-state index contributed by atoms with van der Waals surface area (Å²) in [7, 11) is 0. The molecule has 0 aliphatic carbocycles. The average molecular weight is 423 g/mol. The quantitative estimate of drug-likeness (QED) is 0.488. The van der Waals surface area contributed by atoms with E-state index in [1.165, 1.54) is 4.90 Å². The van der Waals surface area contributed by atoms with Gasteiger partial charge in [-0.3, -0.25) is 14.4 Å². The largest absolute Gasteiger partial charge is 0.466 e. The van der Waals surface area contributed by atoms with Crippen molar-refractivity contribution in [2.45, 2.75) is 76.8 Å². The molecule has 6 atom stereocenters. The van der Waals surface area contributed by atoms with Crippen molar-refractivity contribution < 1.29 is 29.0 Å². The Hall–Kier alpha value is -1.93. The number of aliphatic hydroxyl groups is 1. The summed E-state index contributed by atoms with van der Waals surface area (Å²) in [5.41, 5.74) is -1.58. The Bertz CT molecular complexity index is 732. The zero-order valence-corrected chi connectivity index (χ0v) is 18.6. The van der Waals surface area contributed by atoms with Gasteiger partial charge in [0, 0.05) is 12.1 Å². The zero-order chi connectivity index (χ0) is 22.4. The van der Waals surface area contributed by atoms with Gasteiger partial charge in [-0.15, -0.1) is 6.58 Å². The van der Waals surface area contributed by atoms with Crippen LogP contribution < -0.4 is 0 Å². The number of aliphatic hydroxyl groups excluding tert-OH is 1. The fourth-order valence-corrected chi connectivity index (χ4v) is 5.41. The Morgan fingerprint density at radius 1 is 1.47 bits per heavy atom. The topological polar surface area (TPSA) is 96.4 Å². The Morgan fingerprint density at radius 3 is 2.67 bits per heavy atom. The highest BCUT2D eigenvalue weighted by Gasteiger charge is 2.75. The predicted octanol–water partition coefficient (Wildman–Crippen LogP) is 1.12. The van der Waals surface area contributed by atoms with E-state index < -0.39 is 47.1 Å². The number of rotatable bonds is 7. The van der Waals surface area contributed by atoms with Crippen LogP contribution in [0, 0.1) is 11.8 Å². The summed E-state index contributed by atoms with van der Waals surface area (Å²) in [4.78, 5) is 43.3. The Balaban J connectivity index is 2.09. The third kappa shape index (κ3) is 3.24. The highest BCUT2D eigenvalue weighted by atomic mass is 16.6. The molecular formula is C22H34N2O6. The third-order valence-corrected chi connectivity index (χ3v) is 6.66. The maximum absolute atomic E-state index is 13.9. The molecule has 3 saturated heterocycles.